The Morgan fingerprint density at radius 3 is 1.12 bits per heavy atom. The van der Waals surface area contributed by atoms with Crippen molar-refractivity contribution in [1.29, 1.82) is 0 Å². The van der Waals surface area contributed by atoms with Gasteiger partial charge in [0.25, 0.3) is 0 Å². The molecule has 17 atom stereocenters. The Hall–Kier alpha value is -2.96. The van der Waals surface area contributed by atoms with Crippen LogP contribution in [0, 0.1) is 11.8 Å². The Labute approximate surface area is 322 Å². The lowest BCUT2D eigenvalue weighted by atomic mass is 9.85. The number of aliphatic hydroxyl groups excluding tert-OH is 12. The van der Waals surface area contributed by atoms with E-state index in [9.17, 15) is 61.3 Å². The van der Waals surface area contributed by atoms with Gasteiger partial charge in [0.05, 0.1) is 26.9 Å². The molecular formula is C37H54O19. The lowest BCUT2D eigenvalue weighted by Crippen LogP contribution is -2.60. The van der Waals surface area contributed by atoms with Crippen molar-refractivity contribution in [2.24, 2.45) is 11.8 Å². The molecule has 0 amide bonds. The molecule has 3 aliphatic rings. The van der Waals surface area contributed by atoms with Gasteiger partial charge in [-0.15, -0.1) is 0 Å². The van der Waals surface area contributed by atoms with E-state index < -0.39 is 112 Å². The molecule has 0 spiro atoms. The molecule has 3 saturated heterocycles. The van der Waals surface area contributed by atoms with Crippen molar-refractivity contribution in [3.05, 3.63) is 47.5 Å². The SMILES string of the molecule is COc1cc(C[C@H](C)[C@H](C)Cc2ccc(O[C@@H]3O[C@H](CO)[C@@H](O)[C@H](O)[C@H]3O)c(O[C@@H]3O[C@H](CO)[C@@H](O)[C@H](O)[C@H]3O)c2)ccc1O[C@@H]1O[C@H](CO)[C@@H](O)[C@H](O)[C@H]1O. The number of benzene rings is 2. The first-order valence-corrected chi connectivity index (χ1v) is 18.3. The summed E-state index contributed by atoms with van der Waals surface area (Å²) >= 11 is 0. The topological polar surface area (TPSA) is 307 Å². The zero-order chi connectivity index (χ0) is 41.0. The van der Waals surface area contributed by atoms with Gasteiger partial charge in [-0.3, -0.25) is 0 Å². The summed E-state index contributed by atoms with van der Waals surface area (Å²) in [5, 5.41) is 122. The quantitative estimate of drug-likeness (QED) is 0.0824. The van der Waals surface area contributed by atoms with E-state index in [0.29, 0.717) is 24.2 Å². The minimum atomic E-state index is -1.76. The van der Waals surface area contributed by atoms with Gasteiger partial charge < -0.3 is 94.4 Å². The number of hydrogen-bond acceptors (Lipinski definition) is 19. The fourth-order valence-electron chi connectivity index (χ4n) is 6.82. The largest absolute Gasteiger partial charge is 0.493 e. The maximum Gasteiger partial charge on any atom is 0.229 e. The molecule has 0 aliphatic carbocycles. The molecule has 2 aromatic carbocycles. The lowest BCUT2D eigenvalue weighted by molar-refractivity contribution is -0.282. The van der Waals surface area contributed by atoms with Crippen molar-refractivity contribution in [2.45, 2.75) is 119 Å². The first-order chi connectivity index (χ1) is 26.6. The maximum absolute atomic E-state index is 10.7. The molecular weight excluding hydrogens is 748 g/mol. The third-order valence-electron chi connectivity index (χ3n) is 10.6. The smallest absolute Gasteiger partial charge is 0.229 e. The molecule has 0 unspecified atom stereocenters. The summed E-state index contributed by atoms with van der Waals surface area (Å²) in [6.45, 7) is 2.06. The first kappa shape index (κ1) is 44.1. The van der Waals surface area contributed by atoms with E-state index in [0.717, 1.165) is 5.56 Å². The minimum absolute atomic E-state index is 0.0170. The second kappa shape index (κ2) is 19.2. The molecule has 3 heterocycles. The highest BCUT2D eigenvalue weighted by atomic mass is 16.7. The van der Waals surface area contributed by atoms with Crippen LogP contribution in [-0.4, -0.2) is 180 Å². The van der Waals surface area contributed by atoms with Crippen LogP contribution in [-0.2, 0) is 27.1 Å². The van der Waals surface area contributed by atoms with Crippen molar-refractivity contribution < 1.29 is 94.4 Å². The van der Waals surface area contributed by atoms with Gasteiger partial charge in [0.1, 0.15) is 73.2 Å². The summed E-state index contributed by atoms with van der Waals surface area (Å²) in [6.07, 6.45) is -22.2. The van der Waals surface area contributed by atoms with E-state index in [1.54, 1.807) is 30.3 Å². The van der Waals surface area contributed by atoms with E-state index in [1.807, 2.05) is 13.8 Å². The van der Waals surface area contributed by atoms with E-state index >= 15 is 0 Å². The number of ether oxygens (including phenoxy) is 7. The second-order valence-corrected chi connectivity index (χ2v) is 14.6. The average molecular weight is 803 g/mol. The maximum atomic E-state index is 10.7. The Morgan fingerprint density at radius 2 is 0.786 bits per heavy atom. The third-order valence-corrected chi connectivity index (χ3v) is 10.6. The van der Waals surface area contributed by atoms with E-state index in [4.69, 9.17) is 33.2 Å². The van der Waals surface area contributed by atoms with E-state index in [1.165, 1.54) is 13.2 Å². The van der Waals surface area contributed by atoms with Gasteiger partial charge in [-0.25, -0.2) is 0 Å². The van der Waals surface area contributed by atoms with Crippen LogP contribution in [0.1, 0.15) is 25.0 Å². The normalized spacial score (nSPS) is 37.4. The zero-order valence-corrected chi connectivity index (χ0v) is 31.0. The van der Waals surface area contributed by atoms with Gasteiger partial charge in [-0.05, 0) is 60.1 Å². The summed E-state index contributed by atoms with van der Waals surface area (Å²) in [4.78, 5) is 0. The van der Waals surface area contributed by atoms with Crippen molar-refractivity contribution in [1.82, 2.24) is 0 Å². The Bertz CT molecular complexity index is 1540. The lowest BCUT2D eigenvalue weighted by Gasteiger charge is -2.41. The molecule has 19 heteroatoms. The Balaban J connectivity index is 1.31. The van der Waals surface area contributed by atoms with Crippen LogP contribution in [0.5, 0.6) is 23.0 Å². The van der Waals surface area contributed by atoms with E-state index in [2.05, 4.69) is 0 Å². The fraction of sp³-hybridized carbons (Fsp3) is 0.676. The predicted molar refractivity (Wildman–Crippen MR) is 188 cm³/mol. The van der Waals surface area contributed by atoms with Gasteiger partial charge in [0.15, 0.2) is 23.0 Å². The summed E-state index contributed by atoms with van der Waals surface area (Å²) in [5.74, 6) is 0.431. The molecule has 12 N–H and O–H groups in total. The monoisotopic (exact) mass is 802 g/mol. The van der Waals surface area contributed by atoms with Crippen molar-refractivity contribution in [3.8, 4) is 23.0 Å². The summed E-state index contributed by atoms with van der Waals surface area (Å²) < 4.78 is 39.6. The number of rotatable bonds is 15. The number of hydrogen-bond donors (Lipinski definition) is 12. The van der Waals surface area contributed by atoms with Crippen LogP contribution in [0.15, 0.2) is 36.4 Å². The molecule has 5 rings (SSSR count). The van der Waals surface area contributed by atoms with E-state index in [-0.39, 0.29) is 29.1 Å². The molecule has 3 aliphatic heterocycles. The van der Waals surface area contributed by atoms with Gasteiger partial charge >= 0.3 is 0 Å². The van der Waals surface area contributed by atoms with Crippen LogP contribution in [0.3, 0.4) is 0 Å². The van der Waals surface area contributed by atoms with Crippen LogP contribution in [0.2, 0.25) is 0 Å². The van der Waals surface area contributed by atoms with Crippen LogP contribution in [0.25, 0.3) is 0 Å². The molecule has 316 valence electrons. The molecule has 0 aromatic heterocycles. The summed E-state index contributed by atoms with van der Waals surface area (Å²) in [6, 6.07) is 9.91. The highest BCUT2D eigenvalue weighted by Crippen LogP contribution is 2.37. The summed E-state index contributed by atoms with van der Waals surface area (Å²) in [5.41, 5.74) is 1.59. The molecule has 56 heavy (non-hydrogen) atoms. The van der Waals surface area contributed by atoms with Gasteiger partial charge in [0.2, 0.25) is 18.9 Å². The zero-order valence-electron chi connectivity index (χ0n) is 31.0. The second-order valence-electron chi connectivity index (χ2n) is 14.6. The Kier molecular flexibility index (Phi) is 15.1. The van der Waals surface area contributed by atoms with Crippen LogP contribution in [0.4, 0.5) is 0 Å². The van der Waals surface area contributed by atoms with Crippen molar-refractivity contribution in [2.75, 3.05) is 26.9 Å². The first-order valence-electron chi connectivity index (χ1n) is 18.3. The molecule has 0 saturated carbocycles. The highest BCUT2D eigenvalue weighted by molar-refractivity contribution is 5.44. The van der Waals surface area contributed by atoms with Crippen LogP contribution < -0.4 is 18.9 Å². The molecule has 2 aromatic rings. The highest BCUT2D eigenvalue weighted by Gasteiger charge is 2.47. The standard InChI is InChI=1S/C37H54O19/c1-15(8-17-4-6-19(21(10-17)50-3)51-35-32(47)29(44)26(41)23(12-38)54-35)16(2)9-18-5-7-20(52-36-33(48)30(45)27(42)24(13-39)55-36)22(11-18)53-37-34(49)31(46)28(43)25(14-40)56-37/h4-7,10-11,15-16,23-49H,8-9,12-14H2,1-3H3/t15-,16+,23+,24+,25+,26+,27+,28+,29-,30-,31-,32+,33+,34+,35+,36+,37+/m0/s1. The predicted octanol–water partition coefficient (Wildman–Crippen LogP) is -3.71. The molecule has 19 nitrogen and oxygen atoms in total. The molecule has 0 radical (unpaired) electrons. The molecule has 3 fully saturated rings. The van der Waals surface area contributed by atoms with Gasteiger partial charge in [-0.2, -0.15) is 0 Å². The van der Waals surface area contributed by atoms with Gasteiger partial charge in [0, 0.05) is 0 Å². The fourth-order valence-corrected chi connectivity index (χ4v) is 6.82. The van der Waals surface area contributed by atoms with Gasteiger partial charge in [-0.1, -0.05) is 26.0 Å². The Morgan fingerprint density at radius 1 is 0.464 bits per heavy atom. The summed E-state index contributed by atoms with van der Waals surface area (Å²) in [7, 11) is 1.43. The van der Waals surface area contributed by atoms with Crippen molar-refractivity contribution in [3.63, 3.8) is 0 Å². The number of aliphatic hydroxyl groups is 12. The minimum Gasteiger partial charge on any atom is -0.493 e. The molecule has 0 bridgehead atoms. The third kappa shape index (κ3) is 9.66. The number of methoxy groups -OCH3 is 1. The van der Waals surface area contributed by atoms with Crippen molar-refractivity contribution >= 4 is 0 Å². The average Bonchev–Trinajstić information content (AvgIpc) is 3.19. The van der Waals surface area contributed by atoms with Crippen LogP contribution >= 0.6 is 0 Å².